The van der Waals surface area contributed by atoms with Crippen molar-refractivity contribution in [1.82, 2.24) is 0 Å². The van der Waals surface area contributed by atoms with Gasteiger partial charge in [-0.05, 0) is 126 Å². The van der Waals surface area contributed by atoms with Gasteiger partial charge in [0.2, 0.25) is 0 Å². The van der Waals surface area contributed by atoms with Gasteiger partial charge < -0.3 is 4.90 Å². The lowest BCUT2D eigenvalue weighted by Gasteiger charge is -2.28. The standard InChI is InChI=1S/C54H37N/c1-54(40-19-6-3-7-20-40)50-27-11-10-24-48(50)53-44(25-14-28-51(53)54)38-17-12-21-42(33-38)55(41-31-29-37(30-32-41)36-15-4-2-5-16-36)43-34-39-18-13-26-47-45-22-8-9-23-46(45)49(35-43)52(39)47/h2-35H,1H3. The average molecular weight is 700 g/mol. The van der Waals surface area contributed by atoms with Crippen LogP contribution in [0.1, 0.15) is 23.6 Å². The highest BCUT2D eigenvalue weighted by Crippen LogP contribution is 2.55. The van der Waals surface area contributed by atoms with Gasteiger partial charge >= 0.3 is 0 Å². The Balaban J connectivity index is 1.11. The molecule has 0 aliphatic heterocycles. The lowest BCUT2D eigenvalue weighted by atomic mass is 9.74. The molecule has 0 saturated carbocycles. The van der Waals surface area contributed by atoms with Gasteiger partial charge in [-0.15, -0.1) is 0 Å². The van der Waals surface area contributed by atoms with Gasteiger partial charge in [0, 0.05) is 22.5 Å². The predicted molar refractivity (Wildman–Crippen MR) is 231 cm³/mol. The summed E-state index contributed by atoms with van der Waals surface area (Å²) in [5.41, 5.74) is 19.8. The molecule has 0 fully saturated rings. The topological polar surface area (TPSA) is 3.24 Å². The molecule has 258 valence electrons. The van der Waals surface area contributed by atoms with Crippen molar-refractivity contribution in [3.8, 4) is 55.6 Å². The first-order valence-corrected chi connectivity index (χ1v) is 19.2. The van der Waals surface area contributed by atoms with Crippen molar-refractivity contribution in [3.63, 3.8) is 0 Å². The number of hydrogen-bond donors (Lipinski definition) is 0. The highest BCUT2D eigenvalue weighted by atomic mass is 15.1. The summed E-state index contributed by atoms with van der Waals surface area (Å²) in [5.74, 6) is 0. The fourth-order valence-electron chi connectivity index (χ4n) is 9.49. The van der Waals surface area contributed by atoms with Gasteiger partial charge in [-0.25, -0.2) is 0 Å². The lowest BCUT2D eigenvalue weighted by molar-refractivity contribution is 0.714. The van der Waals surface area contributed by atoms with Gasteiger partial charge in [-0.2, -0.15) is 0 Å². The largest absolute Gasteiger partial charge is 0.310 e. The smallest absolute Gasteiger partial charge is 0.0474 e. The average Bonchev–Trinajstić information content (AvgIpc) is 3.72. The van der Waals surface area contributed by atoms with Crippen LogP contribution < -0.4 is 4.90 Å². The van der Waals surface area contributed by atoms with Crippen molar-refractivity contribution in [2.45, 2.75) is 12.3 Å². The van der Waals surface area contributed by atoms with Crippen LogP contribution in [-0.4, -0.2) is 0 Å². The van der Waals surface area contributed by atoms with Crippen LogP contribution in [0.5, 0.6) is 0 Å². The molecule has 1 atom stereocenters. The van der Waals surface area contributed by atoms with Crippen molar-refractivity contribution in [2.24, 2.45) is 0 Å². The summed E-state index contributed by atoms with van der Waals surface area (Å²) >= 11 is 0. The highest BCUT2D eigenvalue weighted by Gasteiger charge is 2.41. The van der Waals surface area contributed by atoms with E-state index in [1.165, 1.54) is 83.1 Å². The van der Waals surface area contributed by atoms with E-state index in [1.54, 1.807) is 0 Å². The fraction of sp³-hybridized carbons (Fsp3) is 0.0370. The summed E-state index contributed by atoms with van der Waals surface area (Å²) in [6, 6.07) is 76.0. The van der Waals surface area contributed by atoms with Crippen LogP contribution >= 0.6 is 0 Å². The monoisotopic (exact) mass is 699 g/mol. The quantitative estimate of drug-likeness (QED) is 0.167. The number of benzene rings is 9. The summed E-state index contributed by atoms with van der Waals surface area (Å²) in [6.45, 7) is 2.39. The maximum Gasteiger partial charge on any atom is 0.0474 e. The van der Waals surface area contributed by atoms with Crippen LogP contribution in [0.25, 0.3) is 66.4 Å². The zero-order valence-corrected chi connectivity index (χ0v) is 30.6. The Morgan fingerprint density at radius 2 is 0.927 bits per heavy atom. The van der Waals surface area contributed by atoms with Crippen molar-refractivity contribution < 1.29 is 0 Å². The zero-order valence-electron chi connectivity index (χ0n) is 30.6. The third-order valence-electron chi connectivity index (χ3n) is 12.1. The molecule has 0 amide bonds. The fourth-order valence-corrected chi connectivity index (χ4v) is 9.49. The number of nitrogens with zero attached hydrogens (tertiary/aromatic N) is 1. The first kappa shape index (κ1) is 31.6. The maximum absolute atomic E-state index is 2.44. The molecule has 55 heavy (non-hydrogen) atoms. The molecule has 11 rings (SSSR count). The number of fused-ring (bicyclic) bond motifs is 6. The van der Waals surface area contributed by atoms with E-state index in [0.29, 0.717) is 0 Å². The zero-order chi connectivity index (χ0) is 36.5. The molecule has 2 aliphatic rings. The second-order valence-corrected chi connectivity index (χ2v) is 15.0. The molecule has 0 saturated heterocycles. The summed E-state index contributed by atoms with van der Waals surface area (Å²) in [7, 11) is 0. The van der Waals surface area contributed by atoms with E-state index >= 15 is 0 Å². The molecule has 0 spiro atoms. The maximum atomic E-state index is 2.44. The normalized spacial score (nSPS) is 14.7. The second kappa shape index (κ2) is 12.3. The molecule has 1 unspecified atom stereocenters. The third kappa shape index (κ3) is 4.80. The molecule has 9 aromatic rings. The van der Waals surface area contributed by atoms with Crippen LogP contribution in [0.3, 0.4) is 0 Å². The van der Waals surface area contributed by atoms with Crippen LogP contribution in [0.4, 0.5) is 17.1 Å². The van der Waals surface area contributed by atoms with Crippen molar-refractivity contribution in [2.75, 3.05) is 4.90 Å². The SMILES string of the molecule is CC1(c2ccccc2)c2ccccc2-c2c(-c3cccc(N(c4ccc(-c5ccccc5)cc4)c4cc5c6c(cccc6c4)-c4ccccc4-5)c3)cccc21. The third-order valence-corrected chi connectivity index (χ3v) is 12.1. The van der Waals surface area contributed by atoms with Gasteiger partial charge in [0.25, 0.3) is 0 Å². The second-order valence-electron chi connectivity index (χ2n) is 15.0. The van der Waals surface area contributed by atoms with E-state index in [1.807, 2.05) is 0 Å². The van der Waals surface area contributed by atoms with Gasteiger partial charge in [-0.3, -0.25) is 0 Å². The van der Waals surface area contributed by atoms with Crippen molar-refractivity contribution in [1.29, 1.82) is 0 Å². The Labute approximate surface area is 322 Å². The Hall–Kier alpha value is -6.96. The Morgan fingerprint density at radius 1 is 0.345 bits per heavy atom. The highest BCUT2D eigenvalue weighted by molar-refractivity contribution is 6.16. The van der Waals surface area contributed by atoms with Crippen molar-refractivity contribution in [3.05, 3.63) is 223 Å². The minimum absolute atomic E-state index is 0.254. The predicted octanol–water partition coefficient (Wildman–Crippen LogP) is 14.6. The lowest BCUT2D eigenvalue weighted by Crippen LogP contribution is -2.22. The molecule has 0 radical (unpaired) electrons. The van der Waals surface area contributed by atoms with Crippen molar-refractivity contribution >= 4 is 27.8 Å². The molecule has 0 aromatic heterocycles. The number of rotatable bonds is 6. The molecule has 0 heterocycles. The van der Waals surface area contributed by atoms with E-state index in [0.717, 1.165) is 17.1 Å². The van der Waals surface area contributed by atoms with E-state index in [4.69, 9.17) is 0 Å². The molecule has 0 bridgehead atoms. The van der Waals surface area contributed by atoms with Gasteiger partial charge in [-0.1, -0.05) is 170 Å². The summed E-state index contributed by atoms with van der Waals surface area (Å²) in [6.07, 6.45) is 0. The minimum Gasteiger partial charge on any atom is -0.310 e. The van der Waals surface area contributed by atoms with E-state index in [-0.39, 0.29) is 5.41 Å². The minimum atomic E-state index is -0.254. The van der Waals surface area contributed by atoms with Gasteiger partial charge in [0.1, 0.15) is 0 Å². The number of hydrogen-bond acceptors (Lipinski definition) is 1. The number of anilines is 3. The molecule has 1 heteroatoms. The first-order valence-electron chi connectivity index (χ1n) is 19.2. The van der Waals surface area contributed by atoms with Crippen LogP contribution in [0.15, 0.2) is 206 Å². The first-order chi connectivity index (χ1) is 27.2. The molecule has 9 aromatic carbocycles. The van der Waals surface area contributed by atoms with Gasteiger partial charge in [0.15, 0.2) is 0 Å². The molecule has 1 nitrogen and oxygen atoms in total. The Bertz CT molecular complexity index is 2920. The Kier molecular flexibility index (Phi) is 7.06. The summed E-state index contributed by atoms with van der Waals surface area (Å²) in [5, 5.41) is 2.58. The summed E-state index contributed by atoms with van der Waals surface area (Å²) in [4.78, 5) is 2.44. The van der Waals surface area contributed by atoms with Crippen LogP contribution in [0, 0.1) is 0 Å². The molecular formula is C54H37N. The van der Waals surface area contributed by atoms with E-state index in [2.05, 4.69) is 218 Å². The van der Waals surface area contributed by atoms with Gasteiger partial charge in [0.05, 0.1) is 0 Å². The Morgan fingerprint density at radius 3 is 1.73 bits per heavy atom. The van der Waals surface area contributed by atoms with E-state index < -0.39 is 0 Å². The van der Waals surface area contributed by atoms with Crippen LogP contribution in [-0.2, 0) is 5.41 Å². The van der Waals surface area contributed by atoms with E-state index in [9.17, 15) is 0 Å². The van der Waals surface area contributed by atoms with Crippen LogP contribution in [0.2, 0.25) is 0 Å². The molecule has 2 aliphatic carbocycles. The molecule has 0 N–H and O–H groups in total. The molecular weight excluding hydrogens is 663 g/mol. The summed E-state index contributed by atoms with van der Waals surface area (Å²) < 4.78 is 0.